The quantitative estimate of drug-likeness (QED) is 0.683. The van der Waals surface area contributed by atoms with Gasteiger partial charge in [0, 0.05) is 18.7 Å². The van der Waals surface area contributed by atoms with E-state index in [-0.39, 0.29) is 5.78 Å². The first-order valence-corrected chi connectivity index (χ1v) is 4.11. The van der Waals surface area contributed by atoms with Crippen LogP contribution in [-0.2, 0) is 11.2 Å². The maximum absolute atomic E-state index is 10.7. The summed E-state index contributed by atoms with van der Waals surface area (Å²) >= 11 is 0. The molecule has 0 fully saturated rings. The first-order chi connectivity index (χ1) is 5.59. The molecule has 3 heteroatoms. The minimum absolute atomic E-state index is 0.156. The highest BCUT2D eigenvalue weighted by Crippen LogP contribution is 2.05. The lowest BCUT2D eigenvalue weighted by atomic mass is 10.2. The molecule has 1 aromatic rings. The van der Waals surface area contributed by atoms with E-state index in [2.05, 4.69) is 18.8 Å². The molecule has 0 amide bonds. The number of ketones is 1. The summed E-state index contributed by atoms with van der Waals surface area (Å²) in [7, 11) is 0. The van der Waals surface area contributed by atoms with E-state index in [0.717, 1.165) is 5.69 Å². The van der Waals surface area contributed by atoms with Crippen LogP contribution in [0.5, 0.6) is 0 Å². The Morgan fingerprint density at radius 2 is 2.33 bits per heavy atom. The Morgan fingerprint density at radius 3 is 2.75 bits per heavy atom. The van der Waals surface area contributed by atoms with Gasteiger partial charge in [0.1, 0.15) is 5.78 Å². The Labute approximate surface area is 72.4 Å². The van der Waals surface area contributed by atoms with E-state index < -0.39 is 0 Å². The predicted molar refractivity (Wildman–Crippen MR) is 47.0 cm³/mol. The maximum atomic E-state index is 10.7. The number of hydrogen-bond donors (Lipinski definition) is 0. The number of nitrogens with zero attached hydrogens (tertiary/aromatic N) is 2. The first-order valence-electron chi connectivity index (χ1n) is 4.11. The van der Waals surface area contributed by atoms with Gasteiger partial charge < -0.3 is 4.57 Å². The van der Waals surface area contributed by atoms with Crippen LogP contribution in [0.4, 0.5) is 0 Å². The molecule has 0 saturated carbocycles. The van der Waals surface area contributed by atoms with Gasteiger partial charge in [0.2, 0.25) is 0 Å². The molecule has 0 saturated heterocycles. The van der Waals surface area contributed by atoms with E-state index in [1.165, 1.54) is 0 Å². The van der Waals surface area contributed by atoms with Crippen molar-refractivity contribution in [2.75, 3.05) is 0 Å². The molecule has 66 valence electrons. The molecular weight excluding hydrogens is 152 g/mol. The number of carbonyl (C=O) groups is 1. The lowest BCUT2D eigenvalue weighted by Gasteiger charge is -2.03. The second-order valence-electron chi connectivity index (χ2n) is 3.28. The van der Waals surface area contributed by atoms with Gasteiger partial charge in [-0.05, 0) is 20.8 Å². The number of hydrogen-bond acceptors (Lipinski definition) is 2. The van der Waals surface area contributed by atoms with Crippen LogP contribution < -0.4 is 0 Å². The van der Waals surface area contributed by atoms with E-state index in [0.29, 0.717) is 12.5 Å². The van der Waals surface area contributed by atoms with Crippen molar-refractivity contribution in [1.29, 1.82) is 0 Å². The van der Waals surface area contributed by atoms with E-state index >= 15 is 0 Å². The van der Waals surface area contributed by atoms with Crippen molar-refractivity contribution < 1.29 is 4.79 Å². The highest BCUT2D eigenvalue weighted by atomic mass is 16.1. The molecule has 0 aliphatic heterocycles. The van der Waals surface area contributed by atoms with Gasteiger partial charge in [0.15, 0.2) is 0 Å². The zero-order valence-corrected chi connectivity index (χ0v) is 7.74. The molecule has 0 unspecified atom stereocenters. The minimum Gasteiger partial charge on any atom is -0.335 e. The molecule has 1 aromatic heterocycles. The topological polar surface area (TPSA) is 34.9 Å². The van der Waals surface area contributed by atoms with Crippen molar-refractivity contribution >= 4 is 5.78 Å². The van der Waals surface area contributed by atoms with Crippen molar-refractivity contribution in [3.05, 3.63) is 18.2 Å². The van der Waals surface area contributed by atoms with Gasteiger partial charge in [-0.15, -0.1) is 0 Å². The lowest BCUT2D eigenvalue weighted by molar-refractivity contribution is -0.116. The van der Waals surface area contributed by atoms with Crippen molar-refractivity contribution in [3.63, 3.8) is 0 Å². The van der Waals surface area contributed by atoms with Crippen molar-refractivity contribution in [1.82, 2.24) is 9.55 Å². The summed E-state index contributed by atoms with van der Waals surface area (Å²) in [6.07, 6.45) is 4.13. The number of imidazole rings is 1. The Balaban J connectivity index is 2.70. The van der Waals surface area contributed by atoms with Gasteiger partial charge in [0.25, 0.3) is 0 Å². The summed E-state index contributed by atoms with van der Waals surface area (Å²) in [4.78, 5) is 14.9. The number of rotatable bonds is 3. The fraction of sp³-hybridized carbons (Fsp3) is 0.556. The first kappa shape index (κ1) is 8.97. The Bertz CT molecular complexity index is 276. The van der Waals surface area contributed by atoms with Crippen molar-refractivity contribution in [3.8, 4) is 0 Å². The van der Waals surface area contributed by atoms with Gasteiger partial charge in [-0.1, -0.05) is 0 Å². The molecule has 0 aliphatic rings. The van der Waals surface area contributed by atoms with Crippen LogP contribution >= 0.6 is 0 Å². The smallest absolute Gasteiger partial charge is 0.135 e. The molecule has 1 rings (SSSR count). The lowest BCUT2D eigenvalue weighted by Crippen LogP contribution is -1.98. The molecular formula is C9H14N2O. The highest BCUT2D eigenvalue weighted by Gasteiger charge is 2.03. The molecule has 0 radical (unpaired) electrons. The largest absolute Gasteiger partial charge is 0.335 e. The van der Waals surface area contributed by atoms with E-state index in [1.54, 1.807) is 13.3 Å². The van der Waals surface area contributed by atoms with Crippen molar-refractivity contribution in [2.24, 2.45) is 0 Å². The fourth-order valence-electron chi connectivity index (χ4n) is 1.01. The average molecular weight is 166 g/mol. The third kappa shape index (κ3) is 2.19. The van der Waals surface area contributed by atoms with Gasteiger partial charge in [-0.3, -0.25) is 4.79 Å². The van der Waals surface area contributed by atoms with Crippen LogP contribution in [0.2, 0.25) is 0 Å². The molecule has 0 atom stereocenters. The molecule has 0 N–H and O–H groups in total. The SMILES string of the molecule is CC(=O)Cc1cn(C(C)C)cn1. The third-order valence-electron chi connectivity index (χ3n) is 1.68. The molecule has 3 nitrogen and oxygen atoms in total. The third-order valence-corrected chi connectivity index (χ3v) is 1.68. The van der Waals surface area contributed by atoms with Crippen LogP contribution in [0.3, 0.4) is 0 Å². The maximum Gasteiger partial charge on any atom is 0.135 e. The second-order valence-corrected chi connectivity index (χ2v) is 3.28. The van der Waals surface area contributed by atoms with Crippen LogP contribution in [0.25, 0.3) is 0 Å². The number of carbonyl (C=O) groups excluding carboxylic acids is 1. The van der Waals surface area contributed by atoms with E-state index in [9.17, 15) is 4.79 Å². The Hall–Kier alpha value is -1.12. The molecule has 0 aromatic carbocycles. The second kappa shape index (κ2) is 3.52. The van der Waals surface area contributed by atoms with E-state index in [4.69, 9.17) is 0 Å². The molecule has 0 spiro atoms. The van der Waals surface area contributed by atoms with Gasteiger partial charge in [0.05, 0.1) is 12.0 Å². The Kier molecular flexibility index (Phi) is 2.63. The van der Waals surface area contributed by atoms with Crippen LogP contribution in [0, 0.1) is 0 Å². The average Bonchev–Trinajstić information content (AvgIpc) is 2.34. The molecule has 0 aliphatic carbocycles. The van der Waals surface area contributed by atoms with Crippen LogP contribution in [0.15, 0.2) is 12.5 Å². The molecule has 0 bridgehead atoms. The Morgan fingerprint density at radius 1 is 1.67 bits per heavy atom. The summed E-state index contributed by atoms with van der Waals surface area (Å²) in [5, 5.41) is 0. The van der Waals surface area contributed by atoms with Crippen LogP contribution in [0.1, 0.15) is 32.5 Å². The van der Waals surface area contributed by atoms with Gasteiger partial charge >= 0.3 is 0 Å². The monoisotopic (exact) mass is 166 g/mol. The summed E-state index contributed by atoms with van der Waals surface area (Å²) in [5.41, 5.74) is 0.858. The van der Waals surface area contributed by atoms with Crippen molar-refractivity contribution in [2.45, 2.75) is 33.2 Å². The van der Waals surface area contributed by atoms with E-state index in [1.807, 2.05) is 10.8 Å². The highest BCUT2D eigenvalue weighted by molar-refractivity contribution is 5.77. The summed E-state index contributed by atoms with van der Waals surface area (Å²) in [6, 6.07) is 0.415. The molecule has 1 heterocycles. The summed E-state index contributed by atoms with van der Waals surface area (Å²) < 4.78 is 2.00. The van der Waals surface area contributed by atoms with Gasteiger partial charge in [-0.2, -0.15) is 0 Å². The fourth-order valence-corrected chi connectivity index (χ4v) is 1.01. The van der Waals surface area contributed by atoms with Gasteiger partial charge in [-0.25, -0.2) is 4.98 Å². The number of Topliss-reactive ketones (excluding diaryl/α,β-unsaturated/α-hetero) is 1. The zero-order valence-electron chi connectivity index (χ0n) is 7.74. The summed E-state index contributed by atoms with van der Waals surface area (Å²) in [5.74, 6) is 0.156. The molecule has 12 heavy (non-hydrogen) atoms. The predicted octanol–water partition coefficient (Wildman–Crippen LogP) is 1.60. The summed E-state index contributed by atoms with van der Waals surface area (Å²) in [6.45, 7) is 5.74. The standard InChI is InChI=1S/C9H14N2O/c1-7(2)11-5-9(10-6-11)4-8(3)12/h5-7H,4H2,1-3H3. The number of aromatic nitrogens is 2. The zero-order chi connectivity index (χ0) is 9.14. The van der Waals surface area contributed by atoms with Crippen LogP contribution in [-0.4, -0.2) is 15.3 Å². The minimum atomic E-state index is 0.156. The normalized spacial score (nSPS) is 10.7.